The van der Waals surface area contributed by atoms with E-state index in [4.69, 9.17) is 20.8 Å². The lowest BCUT2D eigenvalue weighted by Crippen LogP contribution is -2.31. The highest BCUT2D eigenvalue weighted by Crippen LogP contribution is 2.43. The second-order valence-corrected chi connectivity index (χ2v) is 11.5. The van der Waals surface area contributed by atoms with E-state index in [1.165, 1.54) is 12.0 Å². The zero-order valence-electron chi connectivity index (χ0n) is 23.3. The molecule has 40 heavy (non-hydrogen) atoms. The molecule has 0 saturated carbocycles. The highest BCUT2D eigenvalue weighted by molar-refractivity contribution is 6.31. The molecule has 2 heterocycles. The molecule has 0 bridgehead atoms. The summed E-state index contributed by atoms with van der Waals surface area (Å²) < 4.78 is 11.3. The molecule has 0 radical (unpaired) electrons. The number of ketones is 1. The van der Waals surface area contributed by atoms with Gasteiger partial charge in [0.1, 0.15) is 0 Å². The van der Waals surface area contributed by atoms with Gasteiger partial charge in [-0.1, -0.05) is 56.6 Å². The smallest absolute Gasteiger partial charge is 0.294 e. The number of rotatable bonds is 6. The molecule has 0 spiro atoms. The third kappa shape index (κ3) is 4.71. The van der Waals surface area contributed by atoms with Gasteiger partial charge in [-0.25, -0.2) is 0 Å². The molecule has 1 N–H and O–H groups in total. The van der Waals surface area contributed by atoms with E-state index in [1.807, 2.05) is 55.4 Å². The number of fused-ring (bicyclic) bond motifs is 1. The van der Waals surface area contributed by atoms with Crippen LogP contribution in [-0.4, -0.2) is 38.0 Å². The Balaban J connectivity index is 1.65. The van der Waals surface area contributed by atoms with Crippen LogP contribution < -0.4 is 14.5 Å². The highest BCUT2D eigenvalue weighted by atomic mass is 35.5. The van der Waals surface area contributed by atoms with Crippen LogP contribution in [0.15, 0.2) is 82.5 Å². The third-order valence-electron chi connectivity index (χ3n) is 7.18. The van der Waals surface area contributed by atoms with Gasteiger partial charge in [0, 0.05) is 41.9 Å². The fourth-order valence-corrected chi connectivity index (χ4v) is 5.19. The first-order valence-electron chi connectivity index (χ1n) is 12.9. The summed E-state index contributed by atoms with van der Waals surface area (Å²) in [6.07, 6.45) is 0. The molecule has 0 fully saturated rings. The number of amides is 1. The van der Waals surface area contributed by atoms with Gasteiger partial charge < -0.3 is 19.2 Å². The molecule has 1 aromatic heterocycles. The number of aliphatic hydroxyl groups is 1. The summed E-state index contributed by atoms with van der Waals surface area (Å²) in [6.45, 7) is 6.34. The molecular formula is C32H31ClN2O5. The Morgan fingerprint density at radius 3 is 2.25 bits per heavy atom. The highest BCUT2D eigenvalue weighted by Gasteiger charge is 2.45. The van der Waals surface area contributed by atoms with E-state index in [2.05, 4.69) is 20.8 Å². The Kier molecular flexibility index (Phi) is 6.88. The monoisotopic (exact) mass is 558 g/mol. The summed E-state index contributed by atoms with van der Waals surface area (Å²) >= 11 is 6.22. The quantitative estimate of drug-likeness (QED) is 0.251. The number of hydrogen-bond acceptors (Lipinski definition) is 6. The van der Waals surface area contributed by atoms with Crippen LogP contribution in [0.1, 0.15) is 48.5 Å². The summed E-state index contributed by atoms with van der Waals surface area (Å²) in [5, 5.41) is 12.2. The van der Waals surface area contributed by atoms with E-state index < -0.39 is 23.5 Å². The number of Topliss-reactive ketones (excluding diaryl/α,β-unsaturated/α-hetero) is 1. The molecule has 1 unspecified atom stereocenters. The molecule has 7 nitrogen and oxygen atoms in total. The summed E-state index contributed by atoms with van der Waals surface area (Å²) in [5.74, 6) is -1.54. The van der Waals surface area contributed by atoms with Crippen LogP contribution in [0.5, 0.6) is 5.75 Å². The van der Waals surface area contributed by atoms with Crippen molar-refractivity contribution in [1.29, 1.82) is 0 Å². The maximum Gasteiger partial charge on any atom is 0.294 e. The van der Waals surface area contributed by atoms with Crippen molar-refractivity contribution in [2.24, 2.45) is 0 Å². The number of halogens is 1. The van der Waals surface area contributed by atoms with Gasteiger partial charge in [-0.05, 0) is 52.9 Å². The fraction of sp³-hybridized carbons (Fsp3) is 0.250. The summed E-state index contributed by atoms with van der Waals surface area (Å²) in [5.41, 5.74) is 3.48. The van der Waals surface area contributed by atoms with Crippen LogP contribution in [0.2, 0.25) is 5.02 Å². The van der Waals surface area contributed by atoms with Crippen molar-refractivity contribution >= 4 is 45.6 Å². The topological polar surface area (TPSA) is 83.2 Å². The normalized spacial score (nSPS) is 15.7. The largest absolute Gasteiger partial charge is 0.503 e. The number of ether oxygens (including phenoxy) is 1. The van der Waals surface area contributed by atoms with Gasteiger partial charge in [0.2, 0.25) is 5.78 Å². The molecule has 3 aromatic carbocycles. The Hall–Kier alpha value is -4.23. The number of benzene rings is 3. The predicted octanol–water partition coefficient (Wildman–Crippen LogP) is 7.24. The molecule has 4 aromatic rings. The van der Waals surface area contributed by atoms with Crippen LogP contribution in [0.25, 0.3) is 11.0 Å². The zero-order chi connectivity index (χ0) is 28.9. The summed E-state index contributed by atoms with van der Waals surface area (Å²) in [7, 11) is 5.33. The van der Waals surface area contributed by atoms with E-state index in [1.54, 1.807) is 30.3 Å². The van der Waals surface area contributed by atoms with E-state index in [0.717, 1.165) is 11.3 Å². The number of anilines is 2. The van der Waals surface area contributed by atoms with E-state index >= 15 is 0 Å². The standard InChI is InChI=1S/C32H31ClN2O5/c1-32(2,3)20-9-7-18(8-10-20)27-26(28(36)24-16-19-15-21(33)17-25(39-6)30(19)40-24)29(37)31(38)35(27)23-13-11-22(12-14-23)34(4)5/h7-17,27,37H,1-6H3. The van der Waals surface area contributed by atoms with Gasteiger partial charge in [0.15, 0.2) is 22.9 Å². The van der Waals surface area contributed by atoms with Crippen LogP contribution in [-0.2, 0) is 10.2 Å². The lowest BCUT2D eigenvalue weighted by molar-refractivity contribution is -0.117. The van der Waals surface area contributed by atoms with Crippen LogP contribution >= 0.6 is 11.6 Å². The minimum atomic E-state index is -0.877. The molecule has 8 heteroatoms. The molecule has 1 aliphatic rings. The Morgan fingerprint density at radius 1 is 1.02 bits per heavy atom. The lowest BCUT2D eigenvalue weighted by atomic mass is 9.85. The van der Waals surface area contributed by atoms with Crippen LogP contribution in [0, 0.1) is 0 Å². The second-order valence-electron chi connectivity index (χ2n) is 11.1. The molecule has 0 aliphatic carbocycles. The summed E-state index contributed by atoms with van der Waals surface area (Å²) in [4.78, 5) is 31.0. The molecule has 1 atom stereocenters. The number of carbonyl (C=O) groups excluding carboxylic acids is 2. The number of carbonyl (C=O) groups is 2. The molecular weight excluding hydrogens is 528 g/mol. The van der Waals surface area contributed by atoms with Gasteiger partial charge >= 0.3 is 0 Å². The van der Waals surface area contributed by atoms with Crippen molar-refractivity contribution in [3.05, 3.63) is 100.0 Å². The summed E-state index contributed by atoms with van der Waals surface area (Å²) in [6, 6.07) is 19.1. The average Bonchev–Trinajstić information content (AvgIpc) is 3.46. The van der Waals surface area contributed by atoms with Crippen molar-refractivity contribution in [3.63, 3.8) is 0 Å². The van der Waals surface area contributed by atoms with E-state index in [0.29, 0.717) is 33.0 Å². The maximum absolute atomic E-state index is 14.0. The van der Waals surface area contributed by atoms with Gasteiger partial charge in [-0.15, -0.1) is 0 Å². The van der Waals surface area contributed by atoms with Crippen LogP contribution in [0.3, 0.4) is 0 Å². The Bertz CT molecular complexity index is 1640. The van der Waals surface area contributed by atoms with Crippen LogP contribution in [0.4, 0.5) is 11.4 Å². The number of furan rings is 1. The Morgan fingerprint density at radius 2 is 1.68 bits per heavy atom. The third-order valence-corrected chi connectivity index (χ3v) is 7.40. The van der Waals surface area contributed by atoms with Gasteiger partial charge in [-0.2, -0.15) is 0 Å². The van der Waals surface area contributed by atoms with Crippen molar-refractivity contribution in [2.75, 3.05) is 31.0 Å². The van der Waals surface area contributed by atoms with Gasteiger partial charge in [-0.3, -0.25) is 14.5 Å². The van der Waals surface area contributed by atoms with Crippen molar-refractivity contribution in [1.82, 2.24) is 0 Å². The van der Waals surface area contributed by atoms with E-state index in [-0.39, 0.29) is 16.7 Å². The fourth-order valence-electron chi connectivity index (χ4n) is 4.98. The number of aliphatic hydroxyl groups excluding tert-OH is 1. The SMILES string of the molecule is COc1cc(Cl)cc2cc(C(=O)C3=C(O)C(=O)N(c4ccc(N(C)C)cc4)C3c3ccc(C(C)(C)C)cc3)oc12. The molecule has 1 aliphatic heterocycles. The van der Waals surface area contributed by atoms with Crippen molar-refractivity contribution < 1.29 is 23.8 Å². The molecule has 0 saturated heterocycles. The van der Waals surface area contributed by atoms with Crippen molar-refractivity contribution in [3.8, 4) is 5.75 Å². The molecule has 206 valence electrons. The maximum atomic E-state index is 14.0. The first-order chi connectivity index (χ1) is 18.9. The van der Waals surface area contributed by atoms with Gasteiger partial charge in [0.25, 0.3) is 5.91 Å². The zero-order valence-corrected chi connectivity index (χ0v) is 24.0. The van der Waals surface area contributed by atoms with Crippen molar-refractivity contribution in [2.45, 2.75) is 32.2 Å². The molecule has 1 amide bonds. The number of hydrogen-bond donors (Lipinski definition) is 1. The first-order valence-corrected chi connectivity index (χ1v) is 13.2. The lowest BCUT2D eigenvalue weighted by Gasteiger charge is -2.28. The second kappa shape index (κ2) is 10.1. The predicted molar refractivity (Wildman–Crippen MR) is 158 cm³/mol. The minimum absolute atomic E-state index is 0.0361. The first kappa shape index (κ1) is 27.3. The number of nitrogens with zero attached hydrogens (tertiary/aromatic N) is 2. The number of methoxy groups -OCH3 is 1. The molecule has 5 rings (SSSR count). The minimum Gasteiger partial charge on any atom is -0.503 e. The average molecular weight is 559 g/mol. The van der Waals surface area contributed by atoms with Gasteiger partial charge in [0.05, 0.1) is 18.7 Å². The Labute approximate surface area is 238 Å². The van der Waals surface area contributed by atoms with E-state index in [9.17, 15) is 14.7 Å².